The molecule has 110 valence electrons. The highest BCUT2D eigenvalue weighted by Gasteiger charge is 2.27. The van der Waals surface area contributed by atoms with Crippen molar-refractivity contribution in [3.63, 3.8) is 0 Å². The van der Waals surface area contributed by atoms with Crippen LogP contribution in [0.3, 0.4) is 0 Å². The molecule has 0 aliphatic carbocycles. The maximum atomic E-state index is 12.4. The fourth-order valence-electron chi connectivity index (χ4n) is 2.22. The van der Waals surface area contributed by atoms with Gasteiger partial charge in [0, 0.05) is 6.54 Å². The van der Waals surface area contributed by atoms with Crippen molar-refractivity contribution in [3.05, 3.63) is 44.3 Å². The van der Waals surface area contributed by atoms with Crippen molar-refractivity contribution in [1.82, 2.24) is 4.90 Å². The third kappa shape index (κ3) is 2.99. The Kier molecular flexibility index (Phi) is 4.05. The summed E-state index contributed by atoms with van der Waals surface area (Å²) in [6.45, 7) is 1.51. The third-order valence-corrected chi connectivity index (χ3v) is 5.06. The molecular weight excluding hydrogens is 310 g/mol. The van der Waals surface area contributed by atoms with Crippen molar-refractivity contribution in [1.29, 1.82) is 0 Å². The molecule has 0 spiro atoms. The smallest absolute Gasteiger partial charge is 0.345 e. The first-order valence-electron chi connectivity index (χ1n) is 6.41. The maximum absolute atomic E-state index is 12.4. The molecule has 2 aromatic heterocycles. The van der Waals surface area contributed by atoms with E-state index >= 15 is 0 Å². The van der Waals surface area contributed by atoms with Crippen LogP contribution in [-0.4, -0.2) is 41.6 Å². The van der Waals surface area contributed by atoms with E-state index in [0.717, 1.165) is 16.9 Å². The zero-order valence-corrected chi connectivity index (χ0v) is 12.7. The largest absolute Gasteiger partial charge is 0.477 e. The minimum absolute atomic E-state index is 0.104. The molecule has 5 nitrogen and oxygen atoms in total. The lowest BCUT2D eigenvalue weighted by atomic mass is 10.1. The van der Waals surface area contributed by atoms with Gasteiger partial charge in [-0.2, -0.15) is 11.3 Å². The third-order valence-electron chi connectivity index (χ3n) is 3.30. The average molecular weight is 323 g/mol. The van der Waals surface area contributed by atoms with Gasteiger partial charge in [0.15, 0.2) is 0 Å². The number of carbonyl (C=O) groups excluding carboxylic acids is 1. The molecule has 0 radical (unpaired) electrons. The average Bonchev–Trinajstić information content (AvgIpc) is 3.18. The summed E-state index contributed by atoms with van der Waals surface area (Å²) in [5.41, 5.74) is 1.08. The van der Waals surface area contributed by atoms with Crippen LogP contribution in [0.5, 0.6) is 0 Å². The predicted octanol–water partition coefficient (Wildman–Crippen LogP) is 2.72. The quantitative estimate of drug-likeness (QED) is 0.943. The summed E-state index contributed by atoms with van der Waals surface area (Å²) in [6, 6.07) is 5.04. The van der Waals surface area contributed by atoms with Crippen molar-refractivity contribution >= 4 is 34.6 Å². The van der Waals surface area contributed by atoms with Gasteiger partial charge in [-0.3, -0.25) is 4.79 Å². The van der Waals surface area contributed by atoms with Crippen LogP contribution >= 0.6 is 22.7 Å². The summed E-state index contributed by atoms with van der Waals surface area (Å²) < 4.78 is 5.70. The minimum Gasteiger partial charge on any atom is -0.477 e. The second-order valence-electron chi connectivity index (χ2n) is 4.64. The van der Waals surface area contributed by atoms with E-state index < -0.39 is 5.97 Å². The van der Waals surface area contributed by atoms with E-state index in [9.17, 15) is 9.59 Å². The minimum atomic E-state index is -1.00. The summed E-state index contributed by atoms with van der Waals surface area (Å²) in [5, 5.41) is 12.9. The number of carboxylic acids is 1. The van der Waals surface area contributed by atoms with Crippen LogP contribution in [0.1, 0.15) is 31.0 Å². The van der Waals surface area contributed by atoms with E-state index in [1.54, 1.807) is 22.3 Å². The molecule has 1 aliphatic heterocycles. The highest BCUT2D eigenvalue weighted by molar-refractivity contribution is 7.15. The zero-order chi connectivity index (χ0) is 14.8. The van der Waals surface area contributed by atoms with Crippen LogP contribution in [0.25, 0.3) is 0 Å². The van der Waals surface area contributed by atoms with Gasteiger partial charge in [0.1, 0.15) is 11.0 Å². The fraction of sp³-hybridized carbons (Fsp3) is 0.286. The molecule has 1 amide bonds. The van der Waals surface area contributed by atoms with E-state index in [2.05, 4.69) is 0 Å². The summed E-state index contributed by atoms with van der Waals surface area (Å²) in [5.74, 6) is -1.13. The predicted molar refractivity (Wildman–Crippen MR) is 80.2 cm³/mol. The van der Waals surface area contributed by atoms with Crippen molar-refractivity contribution in [2.24, 2.45) is 0 Å². The van der Waals surface area contributed by atoms with Gasteiger partial charge in [-0.15, -0.1) is 11.3 Å². The first-order valence-corrected chi connectivity index (χ1v) is 8.17. The Morgan fingerprint density at radius 1 is 1.29 bits per heavy atom. The van der Waals surface area contributed by atoms with Gasteiger partial charge >= 0.3 is 5.97 Å². The molecule has 0 saturated carbocycles. The number of rotatable bonds is 3. The van der Waals surface area contributed by atoms with Gasteiger partial charge in [-0.25, -0.2) is 4.79 Å². The number of nitrogens with zero attached hydrogens (tertiary/aromatic N) is 1. The van der Waals surface area contributed by atoms with Crippen LogP contribution in [0.15, 0.2) is 29.0 Å². The Balaban J connectivity index is 1.73. The molecular formula is C14H13NO4S2. The number of aromatic carboxylic acids is 1. The van der Waals surface area contributed by atoms with Crippen LogP contribution in [0.2, 0.25) is 0 Å². The summed E-state index contributed by atoms with van der Waals surface area (Å²) in [6.07, 6.45) is -0.104. The van der Waals surface area contributed by atoms with Crippen molar-refractivity contribution in [3.8, 4) is 0 Å². The van der Waals surface area contributed by atoms with E-state index in [1.165, 1.54) is 6.07 Å². The Morgan fingerprint density at radius 2 is 2.10 bits per heavy atom. The monoisotopic (exact) mass is 323 g/mol. The van der Waals surface area contributed by atoms with Gasteiger partial charge in [0.2, 0.25) is 0 Å². The lowest BCUT2D eigenvalue weighted by Gasteiger charge is -2.32. The molecule has 0 aromatic carbocycles. The Labute approximate surface area is 129 Å². The SMILES string of the molecule is O=C(O)c1ccc(C(=O)N2CCOC(c3ccsc3)C2)s1. The molecule has 7 heteroatoms. The fourth-order valence-corrected chi connectivity index (χ4v) is 3.73. The van der Waals surface area contributed by atoms with Crippen LogP contribution in [-0.2, 0) is 4.74 Å². The normalized spacial score (nSPS) is 18.7. The number of carbonyl (C=O) groups is 2. The molecule has 0 bridgehead atoms. The molecule has 2 aromatic rings. The van der Waals surface area contributed by atoms with Gasteiger partial charge in [-0.05, 0) is 34.5 Å². The molecule has 3 heterocycles. The number of amides is 1. The molecule has 1 fully saturated rings. The Hall–Kier alpha value is -1.70. The number of hydrogen-bond acceptors (Lipinski definition) is 5. The van der Waals surface area contributed by atoms with Gasteiger partial charge in [-0.1, -0.05) is 0 Å². The summed E-state index contributed by atoms with van der Waals surface area (Å²) in [4.78, 5) is 25.7. The number of hydrogen-bond donors (Lipinski definition) is 1. The highest BCUT2D eigenvalue weighted by atomic mass is 32.1. The highest BCUT2D eigenvalue weighted by Crippen LogP contribution is 2.26. The molecule has 1 aliphatic rings. The van der Waals surface area contributed by atoms with E-state index in [0.29, 0.717) is 24.6 Å². The van der Waals surface area contributed by atoms with Crippen LogP contribution in [0, 0.1) is 0 Å². The van der Waals surface area contributed by atoms with E-state index in [4.69, 9.17) is 9.84 Å². The molecule has 1 atom stereocenters. The summed E-state index contributed by atoms with van der Waals surface area (Å²) >= 11 is 2.61. The molecule has 1 saturated heterocycles. The first-order chi connectivity index (χ1) is 10.1. The number of ether oxygens (including phenoxy) is 1. The topological polar surface area (TPSA) is 66.8 Å². The van der Waals surface area contributed by atoms with Gasteiger partial charge in [0.25, 0.3) is 5.91 Å². The number of thiophene rings is 2. The lowest BCUT2D eigenvalue weighted by Crippen LogP contribution is -2.41. The van der Waals surface area contributed by atoms with Gasteiger partial charge in [0.05, 0.1) is 18.0 Å². The lowest BCUT2D eigenvalue weighted by molar-refractivity contribution is -0.0224. The van der Waals surface area contributed by atoms with Crippen molar-refractivity contribution < 1.29 is 19.4 Å². The van der Waals surface area contributed by atoms with Crippen molar-refractivity contribution in [2.45, 2.75) is 6.10 Å². The summed E-state index contributed by atoms with van der Waals surface area (Å²) in [7, 11) is 0. The Morgan fingerprint density at radius 3 is 2.76 bits per heavy atom. The van der Waals surface area contributed by atoms with Gasteiger partial charge < -0.3 is 14.7 Å². The molecule has 3 rings (SSSR count). The maximum Gasteiger partial charge on any atom is 0.345 e. The Bertz CT molecular complexity index is 650. The number of carboxylic acid groups (broad SMARTS) is 1. The second kappa shape index (κ2) is 5.97. The van der Waals surface area contributed by atoms with Crippen LogP contribution in [0.4, 0.5) is 0 Å². The zero-order valence-electron chi connectivity index (χ0n) is 11.0. The van der Waals surface area contributed by atoms with Crippen LogP contribution < -0.4 is 0 Å². The van der Waals surface area contributed by atoms with E-state index in [-0.39, 0.29) is 16.9 Å². The molecule has 1 N–H and O–H groups in total. The first kappa shape index (κ1) is 14.2. The van der Waals surface area contributed by atoms with Crippen molar-refractivity contribution in [2.75, 3.05) is 19.7 Å². The molecule has 1 unspecified atom stereocenters. The number of morpholine rings is 1. The van der Waals surface area contributed by atoms with E-state index in [1.807, 2.05) is 16.8 Å². The molecule has 21 heavy (non-hydrogen) atoms. The second-order valence-corrected chi connectivity index (χ2v) is 6.50. The standard InChI is InChI=1S/C14H13NO4S2/c16-13(11-1-2-12(21-11)14(17)18)15-4-5-19-10(7-15)9-3-6-20-8-9/h1-3,6,8,10H,4-5,7H2,(H,17,18).